The maximum Gasteiger partial charge on any atom is 0.231 e. The predicted octanol–water partition coefficient (Wildman–Crippen LogP) is 8.41. The van der Waals surface area contributed by atoms with Crippen LogP contribution in [0.4, 0.5) is 22.7 Å². The predicted molar refractivity (Wildman–Crippen MR) is 369 cm³/mol. The highest BCUT2D eigenvalue weighted by molar-refractivity contribution is 7.92. The Hall–Kier alpha value is -6.90. The van der Waals surface area contributed by atoms with E-state index in [1.165, 1.54) is 51.3 Å². The molecule has 0 bridgehead atoms. The number of amides is 1. The maximum atomic E-state index is 11.9. The van der Waals surface area contributed by atoms with E-state index in [2.05, 4.69) is 78.9 Å². The highest BCUT2D eigenvalue weighted by Crippen LogP contribution is 2.40. The van der Waals surface area contributed by atoms with Crippen LogP contribution in [0, 0.1) is 5.41 Å². The van der Waals surface area contributed by atoms with Crippen LogP contribution in [0.5, 0.6) is 0 Å². The first-order valence-electron chi connectivity index (χ1n) is 30.6. The summed E-state index contributed by atoms with van der Waals surface area (Å²) >= 11 is 12.4. The van der Waals surface area contributed by atoms with Crippen molar-refractivity contribution < 1.29 is 38.5 Å². The van der Waals surface area contributed by atoms with Gasteiger partial charge in [-0.25, -0.2) is 47.0 Å². The molecule has 0 saturated carbocycles. The number of nitrogens with one attached hydrogen (secondary N) is 5. The van der Waals surface area contributed by atoms with Gasteiger partial charge < -0.3 is 14.7 Å². The quantitative estimate of drug-likeness (QED) is 0.0766. The average Bonchev–Trinajstić information content (AvgIpc) is 1.84. The fraction of sp³-hybridized carbons (Fsp3) is 0.475. The molecule has 1 amide bonds. The molecule has 4 saturated heterocycles. The number of anilines is 4. The van der Waals surface area contributed by atoms with Crippen molar-refractivity contribution in [3.8, 4) is 0 Å². The van der Waals surface area contributed by atoms with Crippen LogP contribution in [-0.2, 0) is 44.9 Å². The maximum absolute atomic E-state index is 11.9. The van der Waals surface area contributed by atoms with Gasteiger partial charge in [-0.15, -0.1) is 0 Å². The van der Waals surface area contributed by atoms with Gasteiger partial charge in [-0.2, -0.15) is 25.5 Å². The van der Waals surface area contributed by atoms with E-state index in [4.69, 9.17) is 23.2 Å². The Morgan fingerprint density at radius 1 is 0.570 bits per heavy atom. The van der Waals surface area contributed by atoms with Gasteiger partial charge in [0.2, 0.25) is 46.0 Å². The number of sulfonamides is 4. The van der Waals surface area contributed by atoms with Crippen molar-refractivity contribution in [2.45, 2.75) is 89.6 Å². The first-order valence-corrected chi connectivity index (χ1v) is 38.7. The third-order valence-corrected chi connectivity index (χ3v) is 23.2. The molecule has 4 aliphatic rings. The Kier molecular flexibility index (Phi) is 20.6. The molecule has 9 heterocycles. The second kappa shape index (κ2) is 27.8. The average molecular weight is 1400 g/mol. The van der Waals surface area contributed by atoms with E-state index in [1.54, 1.807) is 36.6 Å². The van der Waals surface area contributed by atoms with Crippen LogP contribution in [0.3, 0.4) is 0 Å². The van der Waals surface area contributed by atoms with Crippen molar-refractivity contribution in [1.29, 1.82) is 0 Å². The monoisotopic (exact) mass is 1390 g/mol. The normalized spacial score (nSPS) is 18.4. The number of nitrogens with zero attached hydrogens (tertiary/aromatic N) is 12. The number of aromatic amines is 4. The van der Waals surface area contributed by atoms with E-state index in [1.807, 2.05) is 67.1 Å². The number of halogens is 2. The number of H-pyrrole nitrogens is 4. The van der Waals surface area contributed by atoms with Crippen LogP contribution >= 0.6 is 23.2 Å². The summed E-state index contributed by atoms with van der Waals surface area (Å²) < 4.78 is 103. The second-order valence-corrected chi connectivity index (χ2v) is 33.9. The van der Waals surface area contributed by atoms with Gasteiger partial charge >= 0.3 is 0 Å². The van der Waals surface area contributed by atoms with Crippen molar-refractivity contribution in [3.63, 3.8) is 0 Å². The molecule has 93 heavy (non-hydrogen) atoms. The summed E-state index contributed by atoms with van der Waals surface area (Å²) in [6.45, 7) is 11.2. The Morgan fingerprint density at radius 3 is 1.42 bits per heavy atom. The zero-order chi connectivity index (χ0) is 67.0. The van der Waals surface area contributed by atoms with Crippen LogP contribution in [-0.4, -0.2) is 196 Å². The van der Waals surface area contributed by atoms with Crippen LogP contribution < -0.4 is 23.7 Å². The van der Waals surface area contributed by atoms with Crippen molar-refractivity contribution in [3.05, 3.63) is 113 Å². The molecule has 4 aliphatic heterocycles. The third-order valence-electron chi connectivity index (χ3n) is 18.2. The number of fused-ring (bicyclic) bond motifs is 4. The highest BCUT2D eigenvalue weighted by atomic mass is 35.5. The largest absolute Gasteiger partial charge is 0.371 e. The van der Waals surface area contributed by atoms with Crippen molar-refractivity contribution in [2.75, 3.05) is 110 Å². The van der Waals surface area contributed by atoms with Crippen molar-refractivity contribution >= 4 is 136 Å². The molecule has 9 aromatic rings. The molecule has 502 valence electrons. The van der Waals surface area contributed by atoms with Gasteiger partial charge in [-0.05, 0) is 128 Å². The molecule has 0 spiro atoms. The Balaban J connectivity index is 0.000000136. The van der Waals surface area contributed by atoms with E-state index in [-0.39, 0.29) is 29.2 Å². The van der Waals surface area contributed by atoms with Crippen LogP contribution in [0.25, 0.3) is 43.6 Å². The zero-order valence-electron chi connectivity index (χ0n) is 53.5. The lowest BCUT2D eigenvalue weighted by Gasteiger charge is -2.45. The second-order valence-electron chi connectivity index (χ2n) is 25.3. The van der Waals surface area contributed by atoms with Crippen LogP contribution in [0.1, 0.15) is 94.7 Å². The number of piperidine rings is 4. The lowest BCUT2D eigenvalue weighted by Crippen LogP contribution is -2.55. The van der Waals surface area contributed by atoms with Crippen LogP contribution in [0.15, 0.2) is 91.8 Å². The van der Waals surface area contributed by atoms with E-state index in [0.29, 0.717) is 55.8 Å². The summed E-state index contributed by atoms with van der Waals surface area (Å²) in [7, 11) is -9.63. The summed E-state index contributed by atoms with van der Waals surface area (Å²) in [5.41, 5.74) is 9.09. The molecule has 0 radical (unpaired) electrons. The molecule has 1 atom stereocenters. The lowest BCUT2D eigenvalue weighted by molar-refractivity contribution is -0.116. The van der Waals surface area contributed by atoms with Gasteiger partial charge in [-0.1, -0.05) is 37.0 Å². The van der Waals surface area contributed by atoms with E-state index in [0.717, 1.165) is 136 Å². The first kappa shape index (κ1) is 68.9. The molecule has 13 rings (SSSR count). The number of carbonyl (C=O) groups excluding carboxylic acids is 1. The minimum absolute atomic E-state index is 0.0355. The molecule has 1 unspecified atom stereocenters. The van der Waals surface area contributed by atoms with Gasteiger partial charge in [0.05, 0.1) is 83.6 Å². The minimum Gasteiger partial charge on any atom is -0.371 e. The SMILES string of the molecule is CC(=O)N(C)c1cc(C2CCN(S(C)(=O)=O)CC2)c2cn[nH]c2c1.CC1(C)CN(c2cc(Cl)cc3[nH]ncc23)CCC1NS(C)(=O)=O.CN(c1cc(C2CCN(S(C)(=O)=O)CC2)c2cn[nH]c2c1)S(C)(=O)=O.Clc1cc(N2CCC(n3cccn3)CC2)c2cn[nH]c2c1. The number of benzene rings is 4. The fourth-order valence-corrected chi connectivity index (χ4v) is 16.6. The zero-order valence-corrected chi connectivity index (χ0v) is 58.3. The van der Waals surface area contributed by atoms with Crippen LogP contribution in [0.2, 0.25) is 10.0 Å². The standard InChI is InChI=1S/C16H22N4O3S.C15H16ClN5.C15H21ClN4O2S.C15H22N4O4S2/c1-11(21)19(2)13-8-14(15-10-17-18-16(15)9-13)12-4-6-20(7-5-12)24(3,22)23;16-11-8-14-13(10-17-19-14)15(9-11)20-6-2-12(3-7-20)21-5-1-4-18-21;1-15(2)9-20(5-4-14(15)19-23(3,21)22)13-7-10(16)6-12-11(13)8-17-18-12;1-18(24(2,20)21)12-8-13(14-10-16-17-15(14)9-12)11-4-6-19(7-5-11)25(3,22)23/h8-10,12H,4-7H2,1-3H3,(H,17,18);1,4-5,8-10,12H,2-3,6-7H2,(H,17,19);6-8,14,19H,4-5,9H2,1-3H3,(H,17,18);8-11H,4-7H2,1-3H3,(H,16,17). The number of rotatable bonds is 12. The van der Waals surface area contributed by atoms with Gasteiger partial charge in [0.1, 0.15) is 0 Å². The molecule has 26 nitrogen and oxygen atoms in total. The van der Waals surface area contributed by atoms with Gasteiger partial charge in [0.15, 0.2) is 0 Å². The summed E-state index contributed by atoms with van der Waals surface area (Å²) in [5, 5.41) is 38.1. The number of hydrogen-bond acceptors (Lipinski definition) is 16. The fourth-order valence-electron chi connectivity index (χ4n) is 13.0. The molecular weight excluding hydrogens is 1310 g/mol. The molecule has 5 N–H and O–H groups in total. The van der Waals surface area contributed by atoms with E-state index in [9.17, 15) is 38.5 Å². The van der Waals surface area contributed by atoms with Gasteiger partial charge in [-0.3, -0.25) is 34.2 Å². The Bertz CT molecular complexity index is 4590. The third kappa shape index (κ3) is 16.4. The lowest BCUT2D eigenvalue weighted by atomic mass is 9.79. The number of hydrogen-bond donors (Lipinski definition) is 5. The molecule has 32 heteroatoms. The topological polar surface area (TPSA) is 318 Å². The Morgan fingerprint density at radius 2 is 1.00 bits per heavy atom. The van der Waals surface area contributed by atoms with Gasteiger partial charge in [0, 0.05) is 140 Å². The molecular formula is C61H81Cl2N17O9S4. The number of aromatic nitrogens is 10. The first-order chi connectivity index (χ1) is 43.8. The van der Waals surface area contributed by atoms with Crippen molar-refractivity contribution in [1.82, 2.24) is 63.9 Å². The number of carbonyl (C=O) groups is 1. The molecule has 4 fully saturated rings. The van der Waals surface area contributed by atoms with Crippen molar-refractivity contribution in [2.24, 2.45) is 5.41 Å². The molecule has 5 aromatic heterocycles. The Labute approximate surface area is 552 Å². The summed E-state index contributed by atoms with van der Waals surface area (Å²) in [5.74, 6) is 0.376. The highest BCUT2D eigenvalue weighted by Gasteiger charge is 2.38. The summed E-state index contributed by atoms with van der Waals surface area (Å²) in [4.78, 5) is 17.9. The molecule has 0 aliphatic carbocycles. The van der Waals surface area contributed by atoms with E-state index >= 15 is 0 Å². The smallest absolute Gasteiger partial charge is 0.231 e. The summed E-state index contributed by atoms with van der Waals surface area (Å²) in [6, 6.07) is 17.7. The minimum atomic E-state index is -3.37. The summed E-state index contributed by atoms with van der Waals surface area (Å²) in [6.07, 6.45) is 21.8. The van der Waals surface area contributed by atoms with E-state index < -0.39 is 40.1 Å². The van der Waals surface area contributed by atoms with Gasteiger partial charge in [0.25, 0.3) is 0 Å². The molecule has 4 aromatic carbocycles.